The Morgan fingerprint density at radius 3 is 2.57 bits per heavy atom. The molecule has 0 unspecified atom stereocenters. The number of carbonyl (C=O) groups excluding carboxylic acids is 1. The van der Waals surface area contributed by atoms with Gasteiger partial charge in [0.1, 0.15) is 5.82 Å². The highest BCUT2D eigenvalue weighted by atomic mass is 19.1. The maximum Gasteiger partial charge on any atom is 0.338 e. The van der Waals surface area contributed by atoms with Gasteiger partial charge in [-0.1, -0.05) is 13.3 Å². The van der Waals surface area contributed by atoms with E-state index >= 15 is 0 Å². The summed E-state index contributed by atoms with van der Waals surface area (Å²) in [6, 6.07) is 3.30. The average Bonchev–Trinajstić information content (AvgIpc) is 2.47. The van der Waals surface area contributed by atoms with Crippen molar-refractivity contribution in [1.29, 1.82) is 0 Å². The van der Waals surface area contributed by atoms with E-state index in [1.54, 1.807) is 4.90 Å². The number of nitrogens with zero attached hydrogens (tertiary/aromatic N) is 1. The van der Waals surface area contributed by atoms with E-state index in [9.17, 15) is 14.0 Å². The highest BCUT2D eigenvalue weighted by Crippen LogP contribution is 2.21. The van der Waals surface area contributed by atoms with Crippen molar-refractivity contribution in [2.45, 2.75) is 26.2 Å². The SMILES string of the molecule is CCC1CCN(C(=O)Nc2ccc(C(=O)O)c(F)c2)CC1. The van der Waals surface area contributed by atoms with E-state index in [1.165, 1.54) is 6.07 Å². The molecule has 114 valence electrons. The first-order chi connectivity index (χ1) is 10.0. The van der Waals surface area contributed by atoms with E-state index in [4.69, 9.17) is 5.11 Å². The number of carbonyl (C=O) groups is 2. The summed E-state index contributed by atoms with van der Waals surface area (Å²) in [5.74, 6) is -1.52. The number of anilines is 1. The molecule has 1 heterocycles. The normalized spacial score (nSPS) is 15.8. The molecule has 5 nitrogen and oxygen atoms in total. The lowest BCUT2D eigenvalue weighted by Gasteiger charge is -2.31. The van der Waals surface area contributed by atoms with E-state index < -0.39 is 17.3 Å². The molecule has 0 aliphatic carbocycles. The molecule has 1 aliphatic heterocycles. The second-order valence-electron chi connectivity index (χ2n) is 5.27. The lowest BCUT2D eigenvalue weighted by molar-refractivity contribution is 0.0692. The smallest absolute Gasteiger partial charge is 0.338 e. The van der Waals surface area contributed by atoms with Crippen LogP contribution in [0.5, 0.6) is 0 Å². The fourth-order valence-electron chi connectivity index (χ4n) is 2.51. The lowest BCUT2D eigenvalue weighted by atomic mass is 9.95. The quantitative estimate of drug-likeness (QED) is 0.899. The summed E-state index contributed by atoms with van der Waals surface area (Å²) in [6.45, 7) is 3.53. The topological polar surface area (TPSA) is 69.6 Å². The number of halogens is 1. The van der Waals surface area contributed by atoms with Crippen LogP contribution in [-0.2, 0) is 0 Å². The van der Waals surface area contributed by atoms with Gasteiger partial charge in [0.05, 0.1) is 5.56 Å². The summed E-state index contributed by atoms with van der Waals surface area (Å²) >= 11 is 0. The number of likely N-dealkylation sites (tertiary alicyclic amines) is 1. The van der Waals surface area contributed by atoms with Gasteiger partial charge in [0.25, 0.3) is 0 Å². The van der Waals surface area contributed by atoms with Crippen molar-refractivity contribution >= 4 is 17.7 Å². The van der Waals surface area contributed by atoms with E-state index in [1.807, 2.05) is 0 Å². The van der Waals surface area contributed by atoms with Crippen molar-refractivity contribution < 1.29 is 19.1 Å². The minimum Gasteiger partial charge on any atom is -0.478 e. The van der Waals surface area contributed by atoms with E-state index in [0.717, 1.165) is 31.4 Å². The summed E-state index contributed by atoms with van der Waals surface area (Å²) in [7, 11) is 0. The predicted molar refractivity (Wildman–Crippen MR) is 77.0 cm³/mol. The summed E-state index contributed by atoms with van der Waals surface area (Å²) in [5.41, 5.74) is -0.142. The Kier molecular flexibility index (Phi) is 4.77. The van der Waals surface area contributed by atoms with Crippen LogP contribution in [0.2, 0.25) is 0 Å². The zero-order valence-electron chi connectivity index (χ0n) is 11.9. The van der Waals surface area contributed by atoms with Gasteiger partial charge in [-0.3, -0.25) is 0 Å². The maximum absolute atomic E-state index is 13.5. The lowest BCUT2D eigenvalue weighted by Crippen LogP contribution is -2.40. The van der Waals surface area contributed by atoms with Gasteiger partial charge in [0, 0.05) is 18.8 Å². The zero-order chi connectivity index (χ0) is 15.4. The number of benzene rings is 1. The predicted octanol–water partition coefficient (Wildman–Crippen LogP) is 3.18. The van der Waals surface area contributed by atoms with Crippen LogP contribution in [-0.4, -0.2) is 35.1 Å². The van der Waals surface area contributed by atoms with E-state index in [0.29, 0.717) is 19.0 Å². The van der Waals surface area contributed by atoms with Gasteiger partial charge in [-0.15, -0.1) is 0 Å². The van der Waals surface area contributed by atoms with Crippen molar-refractivity contribution in [1.82, 2.24) is 4.90 Å². The molecular weight excluding hydrogens is 275 g/mol. The average molecular weight is 294 g/mol. The first-order valence-electron chi connectivity index (χ1n) is 7.10. The van der Waals surface area contributed by atoms with Gasteiger partial charge in [0.2, 0.25) is 0 Å². The first kappa shape index (κ1) is 15.3. The minimum atomic E-state index is -1.33. The highest BCUT2D eigenvalue weighted by Gasteiger charge is 2.22. The van der Waals surface area contributed by atoms with Crippen LogP contribution < -0.4 is 5.32 Å². The van der Waals surface area contributed by atoms with Crippen molar-refractivity contribution in [2.75, 3.05) is 18.4 Å². The van der Waals surface area contributed by atoms with Crippen molar-refractivity contribution in [3.63, 3.8) is 0 Å². The Bertz CT molecular complexity index is 540. The minimum absolute atomic E-state index is 0.264. The van der Waals surface area contributed by atoms with Crippen molar-refractivity contribution in [3.05, 3.63) is 29.6 Å². The van der Waals surface area contributed by atoms with Crippen LogP contribution in [0.15, 0.2) is 18.2 Å². The van der Waals surface area contributed by atoms with Gasteiger partial charge >= 0.3 is 12.0 Å². The highest BCUT2D eigenvalue weighted by molar-refractivity contribution is 5.91. The fourth-order valence-corrected chi connectivity index (χ4v) is 2.51. The molecule has 2 N–H and O–H groups in total. The Hall–Kier alpha value is -2.11. The van der Waals surface area contributed by atoms with Crippen LogP contribution >= 0.6 is 0 Å². The molecule has 0 bridgehead atoms. The molecule has 2 amide bonds. The molecule has 0 aromatic heterocycles. The van der Waals surface area contributed by atoms with Crippen molar-refractivity contribution in [3.8, 4) is 0 Å². The number of aromatic carboxylic acids is 1. The third kappa shape index (κ3) is 3.71. The third-order valence-corrected chi connectivity index (χ3v) is 3.93. The summed E-state index contributed by atoms with van der Waals surface area (Å²) in [5, 5.41) is 11.4. The molecule has 1 aliphatic rings. The number of piperidine rings is 1. The zero-order valence-corrected chi connectivity index (χ0v) is 11.9. The van der Waals surface area contributed by atoms with Gasteiger partial charge in [-0.05, 0) is 37.0 Å². The summed E-state index contributed by atoms with van der Waals surface area (Å²) in [4.78, 5) is 24.5. The molecule has 1 aromatic rings. The molecular formula is C15H19FN2O3. The number of carboxylic acid groups (broad SMARTS) is 1. The van der Waals surface area contributed by atoms with Crippen LogP contribution in [0.4, 0.5) is 14.9 Å². The second-order valence-corrected chi connectivity index (χ2v) is 5.27. The Balaban J connectivity index is 1.97. The van der Waals surface area contributed by atoms with Crippen LogP contribution in [0.25, 0.3) is 0 Å². The Morgan fingerprint density at radius 2 is 2.05 bits per heavy atom. The van der Waals surface area contributed by atoms with E-state index in [2.05, 4.69) is 12.2 Å². The molecule has 1 fully saturated rings. The first-order valence-corrected chi connectivity index (χ1v) is 7.10. The fraction of sp³-hybridized carbons (Fsp3) is 0.467. The molecule has 21 heavy (non-hydrogen) atoms. The monoisotopic (exact) mass is 294 g/mol. The van der Waals surface area contributed by atoms with Gasteiger partial charge in [0.15, 0.2) is 0 Å². The summed E-state index contributed by atoms with van der Waals surface area (Å²) < 4.78 is 13.5. The maximum atomic E-state index is 13.5. The number of rotatable bonds is 3. The van der Waals surface area contributed by atoms with Gasteiger partial charge in [-0.2, -0.15) is 0 Å². The number of hydrogen-bond donors (Lipinski definition) is 2. The number of urea groups is 1. The molecule has 1 saturated heterocycles. The van der Waals surface area contributed by atoms with Crippen molar-refractivity contribution in [2.24, 2.45) is 5.92 Å². The van der Waals surface area contributed by atoms with Crippen LogP contribution in [0, 0.1) is 11.7 Å². The summed E-state index contributed by atoms with van der Waals surface area (Å²) in [6.07, 6.45) is 3.09. The van der Waals surface area contributed by atoms with Crippen LogP contribution in [0.1, 0.15) is 36.5 Å². The Morgan fingerprint density at radius 1 is 1.38 bits per heavy atom. The molecule has 1 aromatic carbocycles. The Labute approximate surface area is 122 Å². The van der Waals surface area contributed by atoms with E-state index in [-0.39, 0.29) is 11.7 Å². The number of hydrogen-bond acceptors (Lipinski definition) is 2. The molecule has 6 heteroatoms. The second kappa shape index (κ2) is 6.56. The molecule has 2 rings (SSSR count). The number of nitrogens with one attached hydrogen (secondary N) is 1. The molecule has 0 spiro atoms. The number of amides is 2. The van der Waals surface area contributed by atoms with Gasteiger partial charge in [-0.25, -0.2) is 14.0 Å². The largest absolute Gasteiger partial charge is 0.478 e. The van der Waals surface area contributed by atoms with Crippen LogP contribution in [0.3, 0.4) is 0 Å². The molecule has 0 saturated carbocycles. The third-order valence-electron chi connectivity index (χ3n) is 3.93. The molecule has 0 radical (unpaired) electrons. The molecule has 0 atom stereocenters. The van der Waals surface area contributed by atoms with Gasteiger partial charge < -0.3 is 15.3 Å². The number of carboxylic acids is 1. The standard InChI is InChI=1S/C15H19FN2O3/c1-2-10-5-7-18(8-6-10)15(21)17-11-3-4-12(14(19)20)13(16)9-11/h3-4,9-10H,2,5-8H2,1H3,(H,17,21)(H,19,20).